The van der Waals surface area contributed by atoms with Gasteiger partial charge in [0.1, 0.15) is 6.54 Å². The summed E-state index contributed by atoms with van der Waals surface area (Å²) in [6.45, 7) is 5.31. The number of nitrogens with one attached hydrogen (secondary N) is 1. The zero-order chi connectivity index (χ0) is 27.4. The highest BCUT2D eigenvalue weighted by Crippen LogP contribution is 2.27. The lowest BCUT2D eigenvalue weighted by Crippen LogP contribution is -2.39. The number of hydrazone groups is 1. The van der Waals surface area contributed by atoms with Crippen molar-refractivity contribution >= 4 is 55.4 Å². The number of rotatable bonds is 8. The summed E-state index contributed by atoms with van der Waals surface area (Å²) in [7, 11) is -4.01. The minimum absolute atomic E-state index is 0.0920. The first-order chi connectivity index (χ1) is 18.1. The molecule has 10 heteroatoms. The molecule has 4 rings (SSSR count). The van der Waals surface area contributed by atoms with Gasteiger partial charge in [0, 0.05) is 21.4 Å². The summed E-state index contributed by atoms with van der Waals surface area (Å²) < 4.78 is 30.8. The number of aryl methyl sites for hydroxylation is 2. The minimum atomic E-state index is -4.01. The van der Waals surface area contributed by atoms with Crippen molar-refractivity contribution in [3.8, 4) is 5.69 Å². The van der Waals surface area contributed by atoms with Crippen molar-refractivity contribution in [2.24, 2.45) is 5.10 Å². The highest BCUT2D eigenvalue weighted by atomic mass is 79.9. The Labute approximate surface area is 235 Å². The molecule has 4 aromatic rings. The number of anilines is 1. The summed E-state index contributed by atoms with van der Waals surface area (Å²) in [5.74, 6) is -0.584. The van der Waals surface area contributed by atoms with Gasteiger partial charge in [-0.15, -0.1) is 0 Å². The van der Waals surface area contributed by atoms with E-state index in [0.717, 1.165) is 37.0 Å². The van der Waals surface area contributed by atoms with Gasteiger partial charge >= 0.3 is 0 Å². The van der Waals surface area contributed by atoms with Crippen LogP contribution in [-0.2, 0) is 14.8 Å². The summed E-state index contributed by atoms with van der Waals surface area (Å²) in [6, 6.07) is 22.7. The van der Waals surface area contributed by atoms with Crippen molar-refractivity contribution in [1.82, 2.24) is 9.99 Å². The monoisotopic (exact) mass is 612 g/mol. The molecule has 38 heavy (non-hydrogen) atoms. The van der Waals surface area contributed by atoms with Crippen LogP contribution in [0.15, 0.2) is 93.3 Å². The molecule has 0 fully saturated rings. The van der Waals surface area contributed by atoms with Gasteiger partial charge in [-0.25, -0.2) is 13.8 Å². The van der Waals surface area contributed by atoms with Gasteiger partial charge in [0.15, 0.2) is 0 Å². The molecule has 0 unspecified atom stereocenters. The molecule has 1 heterocycles. The Balaban J connectivity index is 1.56. The smallest absolute Gasteiger partial charge is 0.264 e. The predicted octanol–water partition coefficient (Wildman–Crippen LogP) is 6.16. The summed E-state index contributed by atoms with van der Waals surface area (Å²) in [6.07, 6.45) is 1.53. The third-order valence-corrected chi connectivity index (χ3v) is 8.60. The number of nitrogens with zero attached hydrogens (tertiary/aromatic N) is 3. The first-order valence-corrected chi connectivity index (χ1v) is 14.3. The van der Waals surface area contributed by atoms with Crippen LogP contribution in [0.5, 0.6) is 0 Å². The number of hydrogen-bond acceptors (Lipinski definition) is 4. The SMILES string of the molecule is Cc1ccc(S(=O)(=O)N(CC(=O)N/N=C\c2cc(C)n(-c3ccccc3Cl)c2C)c2ccc(Br)cc2)cc1. The second kappa shape index (κ2) is 11.6. The van der Waals surface area contributed by atoms with Gasteiger partial charge in [0.2, 0.25) is 0 Å². The number of sulfonamides is 1. The Hall–Kier alpha value is -3.40. The first-order valence-electron chi connectivity index (χ1n) is 11.7. The average Bonchev–Trinajstić information content (AvgIpc) is 3.16. The van der Waals surface area contributed by atoms with Crippen molar-refractivity contribution in [2.75, 3.05) is 10.8 Å². The van der Waals surface area contributed by atoms with Crippen LogP contribution in [0.1, 0.15) is 22.5 Å². The van der Waals surface area contributed by atoms with E-state index in [1.165, 1.54) is 18.3 Å². The Morgan fingerprint density at radius 2 is 1.68 bits per heavy atom. The van der Waals surface area contributed by atoms with Crippen LogP contribution in [0, 0.1) is 20.8 Å². The van der Waals surface area contributed by atoms with Crippen LogP contribution in [0.25, 0.3) is 5.69 Å². The predicted molar refractivity (Wildman–Crippen MR) is 156 cm³/mol. The van der Waals surface area contributed by atoms with Crippen molar-refractivity contribution in [3.63, 3.8) is 0 Å². The zero-order valence-electron chi connectivity index (χ0n) is 21.0. The van der Waals surface area contributed by atoms with E-state index < -0.39 is 22.5 Å². The molecule has 1 N–H and O–H groups in total. The van der Waals surface area contributed by atoms with E-state index in [-0.39, 0.29) is 4.90 Å². The maximum Gasteiger partial charge on any atom is 0.264 e. The van der Waals surface area contributed by atoms with Crippen molar-refractivity contribution < 1.29 is 13.2 Å². The van der Waals surface area contributed by atoms with Crippen molar-refractivity contribution in [3.05, 3.63) is 111 Å². The molecular weight excluding hydrogens is 588 g/mol. The topological polar surface area (TPSA) is 83.8 Å². The second-order valence-electron chi connectivity index (χ2n) is 8.71. The molecule has 0 saturated heterocycles. The van der Waals surface area contributed by atoms with Crippen molar-refractivity contribution in [1.29, 1.82) is 0 Å². The van der Waals surface area contributed by atoms with Crippen molar-refractivity contribution in [2.45, 2.75) is 25.7 Å². The van der Waals surface area contributed by atoms with Crippen LogP contribution in [0.4, 0.5) is 5.69 Å². The number of aromatic nitrogens is 1. The molecule has 1 amide bonds. The lowest BCUT2D eigenvalue weighted by atomic mass is 10.2. The highest BCUT2D eigenvalue weighted by Gasteiger charge is 2.27. The summed E-state index contributed by atoms with van der Waals surface area (Å²) in [4.78, 5) is 13.0. The molecule has 1 aromatic heterocycles. The Kier molecular flexibility index (Phi) is 8.40. The average molecular weight is 614 g/mol. The molecule has 0 spiro atoms. The molecule has 0 radical (unpaired) electrons. The number of carbonyl (C=O) groups is 1. The van der Waals surface area contributed by atoms with Gasteiger partial charge in [0.25, 0.3) is 15.9 Å². The maximum absolute atomic E-state index is 13.5. The molecular formula is C28H26BrClN4O3S. The largest absolute Gasteiger partial charge is 0.316 e. The molecule has 7 nitrogen and oxygen atoms in total. The summed E-state index contributed by atoms with van der Waals surface area (Å²) >= 11 is 9.75. The molecule has 0 aliphatic carbocycles. The number of hydrogen-bond donors (Lipinski definition) is 1. The number of para-hydroxylation sites is 1. The van der Waals surface area contributed by atoms with E-state index in [9.17, 15) is 13.2 Å². The molecule has 196 valence electrons. The third-order valence-electron chi connectivity index (χ3n) is 5.97. The quantitative estimate of drug-likeness (QED) is 0.191. The first kappa shape index (κ1) is 27.6. The Morgan fingerprint density at radius 1 is 1.03 bits per heavy atom. The zero-order valence-corrected chi connectivity index (χ0v) is 24.2. The highest BCUT2D eigenvalue weighted by molar-refractivity contribution is 9.10. The maximum atomic E-state index is 13.5. The minimum Gasteiger partial charge on any atom is -0.316 e. The van der Waals surface area contributed by atoms with Crippen LogP contribution in [0.2, 0.25) is 5.02 Å². The fourth-order valence-corrected chi connectivity index (χ4v) is 5.93. The summed E-state index contributed by atoms with van der Waals surface area (Å²) in [5.41, 5.74) is 7.24. The van der Waals surface area contributed by atoms with E-state index in [1.54, 1.807) is 36.4 Å². The van der Waals surface area contributed by atoms with Gasteiger partial charge in [-0.3, -0.25) is 9.10 Å². The van der Waals surface area contributed by atoms with Gasteiger partial charge < -0.3 is 4.57 Å². The summed E-state index contributed by atoms with van der Waals surface area (Å²) in [5, 5.41) is 4.72. The molecule has 0 bridgehead atoms. The molecule has 0 atom stereocenters. The fraction of sp³-hybridized carbons (Fsp3) is 0.143. The van der Waals surface area contributed by atoms with Gasteiger partial charge in [-0.1, -0.05) is 57.4 Å². The number of halogens is 2. The van der Waals surface area contributed by atoms with Crippen LogP contribution < -0.4 is 9.73 Å². The number of carbonyl (C=O) groups excluding carboxylic acids is 1. The molecule has 3 aromatic carbocycles. The van der Waals surface area contributed by atoms with Crippen LogP contribution in [0.3, 0.4) is 0 Å². The number of amides is 1. The molecule has 0 aliphatic rings. The van der Waals surface area contributed by atoms with Crippen LogP contribution in [-0.4, -0.2) is 31.7 Å². The van der Waals surface area contributed by atoms with Gasteiger partial charge in [0.05, 0.1) is 27.5 Å². The van der Waals surface area contributed by atoms with E-state index >= 15 is 0 Å². The van der Waals surface area contributed by atoms with E-state index in [2.05, 4.69) is 26.5 Å². The van der Waals surface area contributed by atoms with E-state index in [1.807, 2.05) is 55.7 Å². The Morgan fingerprint density at radius 3 is 2.34 bits per heavy atom. The standard InChI is InChI=1S/C28H26BrClN4O3S/c1-19-8-14-25(15-9-19)38(36,37)33(24-12-10-23(29)11-13-24)18-28(35)32-31-17-22-16-20(2)34(21(22)3)27-7-5-4-6-26(27)30/h4-17H,18H2,1-3H3,(H,32,35)/b31-17-. The van der Waals surface area contributed by atoms with E-state index in [0.29, 0.717) is 10.7 Å². The fourth-order valence-electron chi connectivity index (χ4n) is 4.02. The third kappa shape index (κ3) is 6.01. The lowest BCUT2D eigenvalue weighted by molar-refractivity contribution is -0.119. The second-order valence-corrected chi connectivity index (χ2v) is 11.9. The molecule has 0 aliphatic heterocycles. The van der Waals surface area contributed by atoms with E-state index in [4.69, 9.17) is 11.6 Å². The lowest BCUT2D eigenvalue weighted by Gasteiger charge is -2.23. The Bertz CT molecular complexity index is 1600. The molecule has 0 saturated carbocycles. The van der Waals surface area contributed by atoms with Gasteiger partial charge in [-0.2, -0.15) is 5.10 Å². The van der Waals surface area contributed by atoms with Gasteiger partial charge in [-0.05, 0) is 75.4 Å². The van der Waals surface area contributed by atoms with Crippen LogP contribution >= 0.6 is 27.5 Å². The normalized spacial score (nSPS) is 11.6. The number of benzene rings is 3.